The summed E-state index contributed by atoms with van der Waals surface area (Å²) in [5, 5.41) is 5.65. The Balaban J connectivity index is 2.17. The zero-order valence-electron chi connectivity index (χ0n) is 12.3. The standard InChI is InChI=1S/C17H23NS/c1-12-10-13(2)17(14(3)11-12)16(18-4)8-7-15-6-5-9-19-15/h5-6,9-11,16,18H,7-8H2,1-4H3. The van der Waals surface area contributed by atoms with E-state index in [0.717, 1.165) is 12.8 Å². The second-order valence-corrected chi connectivity index (χ2v) is 6.30. The minimum absolute atomic E-state index is 0.447. The molecule has 1 heterocycles. The quantitative estimate of drug-likeness (QED) is 0.841. The monoisotopic (exact) mass is 273 g/mol. The number of rotatable bonds is 5. The van der Waals surface area contributed by atoms with Crippen molar-refractivity contribution in [2.24, 2.45) is 0 Å². The van der Waals surface area contributed by atoms with E-state index in [1.165, 1.54) is 27.1 Å². The number of thiophene rings is 1. The van der Waals surface area contributed by atoms with Crippen LogP contribution < -0.4 is 5.32 Å². The summed E-state index contributed by atoms with van der Waals surface area (Å²) in [6, 6.07) is 9.39. The van der Waals surface area contributed by atoms with Gasteiger partial charge in [0, 0.05) is 10.9 Å². The molecule has 1 nitrogen and oxygen atoms in total. The maximum Gasteiger partial charge on any atom is 0.0326 e. The predicted octanol–water partition coefficient (Wildman–Crippen LogP) is 4.57. The fourth-order valence-corrected chi connectivity index (χ4v) is 3.64. The van der Waals surface area contributed by atoms with Crippen molar-refractivity contribution in [3.05, 3.63) is 56.8 Å². The van der Waals surface area contributed by atoms with Gasteiger partial charge in [0.1, 0.15) is 0 Å². The lowest BCUT2D eigenvalue weighted by atomic mass is 9.91. The highest BCUT2D eigenvalue weighted by Gasteiger charge is 2.15. The van der Waals surface area contributed by atoms with Crippen LogP contribution in [0.2, 0.25) is 0 Å². The molecule has 0 spiro atoms. The minimum Gasteiger partial charge on any atom is -0.313 e. The van der Waals surface area contributed by atoms with Crippen molar-refractivity contribution in [3.8, 4) is 0 Å². The van der Waals surface area contributed by atoms with Crippen molar-refractivity contribution < 1.29 is 0 Å². The van der Waals surface area contributed by atoms with Crippen molar-refractivity contribution >= 4 is 11.3 Å². The maximum atomic E-state index is 3.49. The number of hydrogen-bond acceptors (Lipinski definition) is 2. The molecular formula is C17H23NS. The highest BCUT2D eigenvalue weighted by Crippen LogP contribution is 2.27. The van der Waals surface area contributed by atoms with Crippen LogP contribution in [0.25, 0.3) is 0 Å². The molecule has 0 amide bonds. The topological polar surface area (TPSA) is 12.0 Å². The summed E-state index contributed by atoms with van der Waals surface area (Å²) in [5.41, 5.74) is 5.64. The second kappa shape index (κ2) is 6.36. The molecule has 1 aromatic heterocycles. The number of hydrogen-bond donors (Lipinski definition) is 1. The first-order chi connectivity index (χ1) is 9.11. The average Bonchev–Trinajstić information content (AvgIpc) is 2.85. The third kappa shape index (κ3) is 3.46. The summed E-state index contributed by atoms with van der Waals surface area (Å²) in [4.78, 5) is 1.47. The van der Waals surface area contributed by atoms with Crippen molar-refractivity contribution in [1.29, 1.82) is 0 Å². The van der Waals surface area contributed by atoms with Gasteiger partial charge in [0.15, 0.2) is 0 Å². The van der Waals surface area contributed by atoms with Gasteiger partial charge in [-0.15, -0.1) is 11.3 Å². The molecular weight excluding hydrogens is 250 g/mol. The molecule has 102 valence electrons. The van der Waals surface area contributed by atoms with Gasteiger partial charge in [0.25, 0.3) is 0 Å². The van der Waals surface area contributed by atoms with Crippen LogP contribution in [0.15, 0.2) is 29.6 Å². The van der Waals surface area contributed by atoms with Gasteiger partial charge in [-0.25, -0.2) is 0 Å². The average molecular weight is 273 g/mol. The molecule has 19 heavy (non-hydrogen) atoms. The smallest absolute Gasteiger partial charge is 0.0326 e. The Labute approximate surface area is 120 Å². The Morgan fingerprint density at radius 2 is 1.84 bits per heavy atom. The molecule has 0 radical (unpaired) electrons. The van der Waals surface area contributed by atoms with Crippen LogP contribution in [0.5, 0.6) is 0 Å². The van der Waals surface area contributed by atoms with Gasteiger partial charge < -0.3 is 5.32 Å². The van der Waals surface area contributed by atoms with Crippen LogP contribution in [0, 0.1) is 20.8 Å². The predicted molar refractivity (Wildman–Crippen MR) is 85.1 cm³/mol. The maximum absolute atomic E-state index is 3.49. The Kier molecular flexibility index (Phi) is 4.78. The Morgan fingerprint density at radius 3 is 2.37 bits per heavy atom. The lowest BCUT2D eigenvalue weighted by Gasteiger charge is -2.21. The highest BCUT2D eigenvalue weighted by atomic mass is 32.1. The molecule has 1 unspecified atom stereocenters. The van der Waals surface area contributed by atoms with Crippen molar-refractivity contribution in [2.45, 2.75) is 39.7 Å². The molecule has 0 aliphatic heterocycles. The van der Waals surface area contributed by atoms with E-state index in [1.807, 2.05) is 11.3 Å². The van der Waals surface area contributed by atoms with Crippen molar-refractivity contribution in [2.75, 3.05) is 7.05 Å². The van der Waals surface area contributed by atoms with Gasteiger partial charge in [-0.1, -0.05) is 23.8 Å². The van der Waals surface area contributed by atoms with Crippen LogP contribution in [0.4, 0.5) is 0 Å². The van der Waals surface area contributed by atoms with Gasteiger partial charge >= 0.3 is 0 Å². The van der Waals surface area contributed by atoms with Gasteiger partial charge in [0.2, 0.25) is 0 Å². The molecule has 1 atom stereocenters. The molecule has 2 heteroatoms. The molecule has 2 rings (SSSR count). The number of benzene rings is 1. The zero-order chi connectivity index (χ0) is 13.8. The largest absolute Gasteiger partial charge is 0.313 e. The molecule has 1 aromatic carbocycles. The van der Waals surface area contributed by atoms with E-state index in [0.29, 0.717) is 6.04 Å². The molecule has 0 aliphatic rings. The Morgan fingerprint density at radius 1 is 1.16 bits per heavy atom. The van der Waals surface area contributed by atoms with Crippen LogP contribution in [-0.4, -0.2) is 7.05 Å². The van der Waals surface area contributed by atoms with E-state index in [2.05, 4.69) is 62.8 Å². The van der Waals surface area contributed by atoms with E-state index in [1.54, 1.807) is 0 Å². The summed E-state index contributed by atoms with van der Waals surface area (Å²) in [6.07, 6.45) is 2.30. The highest BCUT2D eigenvalue weighted by molar-refractivity contribution is 7.09. The van der Waals surface area contributed by atoms with Crippen LogP contribution in [0.1, 0.15) is 39.6 Å². The normalized spacial score (nSPS) is 12.6. The summed E-state index contributed by atoms with van der Waals surface area (Å²) in [7, 11) is 2.07. The van der Waals surface area contributed by atoms with Gasteiger partial charge in [-0.2, -0.15) is 0 Å². The van der Waals surface area contributed by atoms with Gasteiger partial charge in [-0.05, 0) is 68.8 Å². The van der Waals surface area contributed by atoms with E-state index < -0.39 is 0 Å². The first-order valence-corrected chi connectivity index (χ1v) is 7.77. The SMILES string of the molecule is CNC(CCc1cccs1)c1c(C)cc(C)cc1C. The summed E-state index contributed by atoms with van der Waals surface area (Å²) in [5.74, 6) is 0. The Bertz CT molecular complexity index is 505. The van der Waals surface area contributed by atoms with E-state index >= 15 is 0 Å². The van der Waals surface area contributed by atoms with Crippen LogP contribution >= 0.6 is 11.3 Å². The van der Waals surface area contributed by atoms with Crippen LogP contribution in [-0.2, 0) is 6.42 Å². The lowest BCUT2D eigenvalue weighted by Crippen LogP contribution is -2.19. The minimum atomic E-state index is 0.447. The number of nitrogens with one attached hydrogen (secondary N) is 1. The molecule has 2 aromatic rings. The van der Waals surface area contributed by atoms with Gasteiger partial charge in [0.05, 0.1) is 0 Å². The van der Waals surface area contributed by atoms with E-state index in [9.17, 15) is 0 Å². The Hall–Kier alpha value is -1.12. The van der Waals surface area contributed by atoms with E-state index in [-0.39, 0.29) is 0 Å². The third-order valence-electron chi connectivity index (χ3n) is 3.69. The molecule has 0 saturated carbocycles. The number of aryl methyl sites for hydroxylation is 4. The first kappa shape index (κ1) is 14.3. The zero-order valence-corrected chi connectivity index (χ0v) is 13.1. The summed E-state index contributed by atoms with van der Waals surface area (Å²) < 4.78 is 0. The fourth-order valence-electron chi connectivity index (χ4n) is 2.92. The third-order valence-corrected chi connectivity index (χ3v) is 4.63. The summed E-state index contributed by atoms with van der Waals surface area (Å²) in [6.45, 7) is 6.62. The first-order valence-electron chi connectivity index (χ1n) is 6.89. The lowest BCUT2D eigenvalue weighted by molar-refractivity contribution is 0.546. The van der Waals surface area contributed by atoms with Crippen molar-refractivity contribution in [1.82, 2.24) is 5.32 Å². The van der Waals surface area contributed by atoms with Crippen LogP contribution in [0.3, 0.4) is 0 Å². The van der Waals surface area contributed by atoms with Crippen molar-refractivity contribution in [3.63, 3.8) is 0 Å². The van der Waals surface area contributed by atoms with Gasteiger partial charge in [-0.3, -0.25) is 0 Å². The van der Waals surface area contributed by atoms with E-state index in [4.69, 9.17) is 0 Å². The molecule has 0 aliphatic carbocycles. The fraction of sp³-hybridized carbons (Fsp3) is 0.412. The summed E-state index contributed by atoms with van der Waals surface area (Å²) >= 11 is 1.85. The molecule has 0 fully saturated rings. The second-order valence-electron chi connectivity index (χ2n) is 5.27. The molecule has 0 bridgehead atoms. The molecule has 0 saturated heterocycles. The molecule has 1 N–H and O–H groups in total.